The van der Waals surface area contributed by atoms with Gasteiger partial charge in [-0.15, -0.1) is 0 Å². The van der Waals surface area contributed by atoms with E-state index in [4.69, 9.17) is 5.73 Å². The van der Waals surface area contributed by atoms with Gasteiger partial charge in [-0.25, -0.2) is 0 Å². The maximum absolute atomic E-state index is 11.4. The van der Waals surface area contributed by atoms with Crippen molar-refractivity contribution in [1.82, 2.24) is 0 Å². The highest BCUT2D eigenvalue weighted by Crippen LogP contribution is 2.29. The van der Waals surface area contributed by atoms with Crippen LogP contribution in [-0.2, 0) is 4.79 Å². The van der Waals surface area contributed by atoms with E-state index >= 15 is 0 Å². The Bertz CT molecular complexity index is 299. The molecule has 0 amide bonds. The first-order valence-electron chi connectivity index (χ1n) is 10.1. The maximum atomic E-state index is 11.4. The van der Waals surface area contributed by atoms with Crippen LogP contribution in [-0.4, -0.2) is 16.6 Å². The third-order valence-corrected chi connectivity index (χ3v) is 5.77. The highest BCUT2D eigenvalue weighted by Gasteiger charge is 2.35. The molecule has 1 aliphatic carbocycles. The van der Waals surface area contributed by atoms with Gasteiger partial charge in [0.1, 0.15) is 0 Å². The Labute approximate surface area is 143 Å². The van der Waals surface area contributed by atoms with Gasteiger partial charge in [-0.3, -0.25) is 4.79 Å². The van der Waals surface area contributed by atoms with E-state index < -0.39 is 17.4 Å². The van der Waals surface area contributed by atoms with Crippen LogP contribution >= 0.6 is 0 Å². The Kier molecular flexibility index (Phi) is 10.6. The van der Waals surface area contributed by atoms with Crippen molar-refractivity contribution in [2.75, 3.05) is 0 Å². The van der Waals surface area contributed by atoms with Gasteiger partial charge in [0.25, 0.3) is 0 Å². The summed E-state index contributed by atoms with van der Waals surface area (Å²) in [4.78, 5) is 11.4. The molecule has 1 aliphatic rings. The lowest BCUT2D eigenvalue weighted by Gasteiger charge is -2.33. The van der Waals surface area contributed by atoms with Gasteiger partial charge in [0.05, 0.1) is 5.92 Å². The molecule has 0 aromatic rings. The molecule has 3 nitrogen and oxygen atoms in total. The number of hydrogen-bond donors (Lipinski definition) is 2. The maximum Gasteiger partial charge on any atom is 0.308 e. The first-order chi connectivity index (χ1) is 11.1. The van der Waals surface area contributed by atoms with Crippen LogP contribution in [0.5, 0.6) is 0 Å². The number of aliphatic carboxylic acids is 1. The molecule has 0 heterocycles. The molecule has 0 aromatic carbocycles. The quantitative estimate of drug-likeness (QED) is 0.688. The summed E-state index contributed by atoms with van der Waals surface area (Å²) >= 11 is 0. The van der Waals surface area contributed by atoms with Gasteiger partial charge in [0, 0.05) is 5.54 Å². The van der Waals surface area contributed by atoms with Crippen LogP contribution < -0.4 is 5.73 Å². The van der Waals surface area contributed by atoms with Gasteiger partial charge in [-0.2, -0.15) is 0 Å². The Morgan fingerprint density at radius 1 is 0.739 bits per heavy atom. The zero-order valence-electron chi connectivity index (χ0n) is 15.3. The van der Waals surface area contributed by atoms with Crippen LogP contribution in [0.4, 0.5) is 0 Å². The van der Waals surface area contributed by atoms with Gasteiger partial charge in [0.15, 0.2) is 0 Å². The van der Waals surface area contributed by atoms with E-state index in [-0.39, 0.29) is 0 Å². The van der Waals surface area contributed by atoms with Crippen molar-refractivity contribution in [3.63, 3.8) is 0 Å². The van der Waals surface area contributed by atoms with Crippen LogP contribution in [0.1, 0.15) is 110 Å². The summed E-state index contributed by atoms with van der Waals surface area (Å²) in [5.74, 6) is -1.18. The van der Waals surface area contributed by atoms with E-state index in [1.807, 2.05) is 0 Å². The lowest BCUT2D eigenvalue weighted by Crippen LogP contribution is -2.49. The summed E-state index contributed by atoms with van der Waals surface area (Å²) in [5.41, 5.74) is 6.04. The fraction of sp³-hybridized carbons (Fsp3) is 0.950. The van der Waals surface area contributed by atoms with Crippen molar-refractivity contribution < 1.29 is 9.90 Å². The van der Waals surface area contributed by atoms with Crippen molar-refractivity contribution in [1.29, 1.82) is 0 Å². The summed E-state index contributed by atoms with van der Waals surface area (Å²) in [6.45, 7) is 1.80. The third-order valence-electron chi connectivity index (χ3n) is 5.77. The monoisotopic (exact) mass is 325 g/mol. The minimum Gasteiger partial charge on any atom is -0.481 e. The van der Waals surface area contributed by atoms with Gasteiger partial charge >= 0.3 is 5.97 Å². The summed E-state index contributed by atoms with van der Waals surface area (Å²) in [6, 6.07) is 0. The smallest absolute Gasteiger partial charge is 0.308 e. The molecule has 0 aromatic heterocycles. The second kappa shape index (κ2) is 11.9. The highest BCUT2D eigenvalue weighted by atomic mass is 16.4. The third kappa shape index (κ3) is 8.74. The van der Waals surface area contributed by atoms with Crippen molar-refractivity contribution in [2.45, 2.75) is 115 Å². The summed E-state index contributed by atoms with van der Waals surface area (Å²) in [7, 11) is 0. The summed E-state index contributed by atoms with van der Waals surface area (Å²) in [6.07, 6.45) is 19.8. The fourth-order valence-electron chi connectivity index (χ4n) is 3.83. The number of carboxylic acid groups (broad SMARTS) is 1. The molecule has 0 aliphatic heterocycles. The number of carboxylic acids is 1. The second-order valence-electron chi connectivity index (χ2n) is 7.74. The Hall–Kier alpha value is -0.570. The van der Waals surface area contributed by atoms with E-state index in [0.29, 0.717) is 0 Å². The number of carbonyl (C=O) groups is 1. The van der Waals surface area contributed by atoms with E-state index in [0.717, 1.165) is 25.7 Å². The van der Waals surface area contributed by atoms with E-state index in [1.165, 1.54) is 77.0 Å². The normalized spacial score (nSPS) is 24.4. The van der Waals surface area contributed by atoms with Crippen LogP contribution in [0.3, 0.4) is 0 Å². The average molecular weight is 326 g/mol. The Morgan fingerprint density at radius 2 is 1.00 bits per heavy atom. The molecule has 0 radical (unpaired) electrons. The lowest BCUT2D eigenvalue weighted by molar-refractivity contribution is -0.143. The van der Waals surface area contributed by atoms with Crippen LogP contribution in [0.25, 0.3) is 0 Å². The summed E-state index contributed by atoms with van der Waals surface area (Å²) < 4.78 is 0. The molecule has 23 heavy (non-hydrogen) atoms. The highest BCUT2D eigenvalue weighted by molar-refractivity contribution is 5.71. The largest absolute Gasteiger partial charge is 0.481 e. The number of nitrogens with two attached hydrogens (primary N) is 1. The molecule has 0 unspecified atom stereocenters. The van der Waals surface area contributed by atoms with Crippen molar-refractivity contribution >= 4 is 5.97 Å². The van der Waals surface area contributed by atoms with Crippen LogP contribution in [0, 0.1) is 5.92 Å². The molecule has 3 N–H and O–H groups in total. The Balaban J connectivity index is 2.49. The molecule has 3 heteroatoms. The molecule has 1 saturated carbocycles. The van der Waals surface area contributed by atoms with Crippen molar-refractivity contribution in [3.8, 4) is 0 Å². The Morgan fingerprint density at radius 3 is 1.26 bits per heavy atom. The van der Waals surface area contributed by atoms with Gasteiger partial charge in [0.2, 0.25) is 0 Å². The lowest BCUT2D eigenvalue weighted by atomic mass is 9.77. The van der Waals surface area contributed by atoms with E-state index in [2.05, 4.69) is 0 Å². The zero-order valence-corrected chi connectivity index (χ0v) is 15.3. The SMILES string of the molecule is C[C@@H](C(=O)O)C1(N)CCCCCCCCCCCCCCCC1. The van der Waals surface area contributed by atoms with Crippen LogP contribution in [0.15, 0.2) is 0 Å². The molecule has 1 fully saturated rings. The molecule has 0 bridgehead atoms. The molecule has 1 atom stereocenters. The van der Waals surface area contributed by atoms with Gasteiger partial charge < -0.3 is 10.8 Å². The molecule has 0 spiro atoms. The fourth-order valence-corrected chi connectivity index (χ4v) is 3.83. The van der Waals surface area contributed by atoms with Crippen molar-refractivity contribution in [3.05, 3.63) is 0 Å². The minimum absolute atomic E-state index is 0.440. The first kappa shape index (κ1) is 20.5. The molecular weight excluding hydrogens is 286 g/mol. The second-order valence-corrected chi connectivity index (χ2v) is 7.74. The van der Waals surface area contributed by atoms with Crippen molar-refractivity contribution in [2.24, 2.45) is 11.7 Å². The van der Waals surface area contributed by atoms with E-state index in [9.17, 15) is 9.90 Å². The number of rotatable bonds is 2. The predicted molar refractivity (Wildman–Crippen MR) is 97.6 cm³/mol. The topological polar surface area (TPSA) is 63.3 Å². The standard InChI is InChI=1S/C20H39NO2/c1-18(19(22)23)20(21)16-14-12-10-8-6-4-2-3-5-7-9-11-13-15-17-20/h18H,2-17,21H2,1H3,(H,22,23)/t18-/m0/s1. The molecular formula is C20H39NO2. The van der Waals surface area contributed by atoms with Crippen LogP contribution in [0.2, 0.25) is 0 Å². The van der Waals surface area contributed by atoms with Gasteiger partial charge in [-0.1, -0.05) is 96.8 Å². The average Bonchev–Trinajstić information content (AvgIpc) is 2.53. The van der Waals surface area contributed by atoms with Gasteiger partial charge in [-0.05, 0) is 12.8 Å². The molecule has 1 rings (SSSR count). The first-order valence-corrected chi connectivity index (χ1v) is 10.1. The molecule has 136 valence electrons. The van der Waals surface area contributed by atoms with E-state index in [1.54, 1.807) is 6.92 Å². The minimum atomic E-state index is -0.738. The summed E-state index contributed by atoms with van der Waals surface area (Å²) in [5, 5.41) is 9.39. The zero-order chi connectivity index (χ0) is 17.0. The molecule has 0 saturated heterocycles. The number of hydrogen-bond acceptors (Lipinski definition) is 2. The predicted octanol–water partition coefficient (Wildman–Crippen LogP) is 5.66.